The second kappa shape index (κ2) is 8.32. The topological polar surface area (TPSA) is 26.3 Å². The normalized spacial score (nSPS) is 12.2. The lowest BCUT2D eigenvalue weighted by molar-refractivity contribution is -0.139. The fraction of sp³-hybridized carbons (Fsp3) is 0.167. The lowest BCUT2D eigenvalue weighted by atomic mass is 10.2. The van der Waals surface area contributed by atoms with Crippen LogP contribution in [0.2, 0.25) is 0 Å². The van der Waals surface area contributed by atoms with Crippen LogP contribution in [0.15, 0.2) is 66.7 Å². The van der Waals surface area contributed by atoms with E-state index in [1.165, 1.54) is 12.7 Å². The predicted octanol–water partition coefficient (Wildman–Crippen LogP) is 4.17. The van der Waals surface area contributed by atoms with Gasteiger partial charge in [-0.05, 0) is 11.1 Å². The van der Waals surface area contributed by atoms with Gasteiger partial charge in [-0.15, -0.1) is 11.8 Å². The lowest BCUT2D eigenvalue weighted by Gasteiger charge is -2.10. The Hall–Kier alpha value is -2.00. The highest BCUT2D eigenvalue weighted by atomic mass is 32.2. The van der Waals surface area contributed by atoms with Crippen molar-refractivity contribution < 1.29 is 9.53 Å². The molecule has 0 amide bonds. The fourth-order valence-corrected chi connectivity index (χ4v) is 2.83. The third-order valence-electron chi connectivity index (χ3n) is 2.97. The van der Waals surface area contributed by atoms with E-state index in [0.717, 1.165) is 11.3 Å². The number of methoxy groups -OCH3 is 1. The first kappa shape index (κ1) is 15.4. The molecule has 0 aliphatic carbocycles. The molecule has 108 valence electrons. The van der Waals surface area contributed by atoms with Gasteiger partial charge in [-0.2, -0.15) is 0 Å². The van der Waals surface area contributed by atoms with Gasteiger partial charge in [0.15, 0.2) is 0 Å². The second-order valence-electron chi connectivity index (χ2n) is 4.51. The molecule has 2 aromatic rings. The van der Waals surface area contributed by atoms with E-state index in [1.807, 2.05) is 60.7 Å². The van der Waals surface area contributed by atoms with Gasteiger partial charge < -0.3 is 4.74 Å². The molecular weight excluding hydrogens is 280 g/mol. The third kappa shape index (κ3) is 5.12. The summed E-state index contributed by atoms with van der Waals surface area (Å²) in [5.41, 5.74) is 2.27. The maximum Gasteiger partial charge on any atom is 0.322 e. The van der Waals surface area contributed by atoms with Crippen LogP contribution < -0.4 is 0 Å². The molecule has 0 saturated heterocycles. The van der Waals surface area contributed by atoms with E-state index in [9.17, 15) is 4.79 Å². The van der Waals surface area contributed by atoms with Crippen LogP contribution in [0.3, 0.4) is 0 Å². The van der Waals surface area contributed by atoms with Crippen molar-refractivity contribution in [1.82, 2.24) is 0 Å². The van der Waals surface area contributed by atoms with Crippen molar-refractivity contribution >= 4 is 23.8 Å². The number of carbonyl (C=O) groups is 1. The van der Waals surface area contributed by atoms with E-state index in [0.29, 0.717) is 0 Å². The van der Waals surface area contributed by atoms with Crippen molar-refractivity contribution in [3.63, 3.8) is 0 Å². The zero-order valence-electron chi connectivity index (χ0n) is 11.9. The molecule has 3 heteroatoms. The molecule has 0 fully saturated rings. The molecule has 0 heterocycles. The van der Waals surface area contributed by atoms with E-state index >= 15 is 0 Å². The van der Waals surface area contributed by atoms with Crippen LogP contribution in [-0.4, -0.2) is 18.3 Å². The molecule has 0 bridgehead atoms. The monoisotopic (exact) mass is 298 g/mol. The minimum Gasteiger partial charge on any atom is -0.468 e. The second-order valence-corrected chi connectivity index (χ2v) is 5.64. The van der Waals surface area contributed by atoms with Gasteiger partial charge in [0.2, 0.25) is 0 Å². The summed E-state index contributed by atoms with van der Waals surface area (Å²) in [6, 6.07) is 20.0. The Balaban J connectivity index is 2.01. The number of esters is 1. The molecule has 2 nitrogen and oxygen atoms in total. The Morgan fingerprint density at radius 3 is 2.33 bits per heavy atom. The Morgan fingerprint density at radius 1 is 1.10 bits per heavy atom. The van der Waals surface area contributed by atoms with E-state index < -0.39 is 0 Å². The number of carbonyl (C=O) groups excluding carboxylic acids is 1. The number of ether oxygens (including phenoxy) is 1. The molecular formula is C18H18O2S. The fourth-order valence-electron chi connectivity index (χ4n) is 1.84. The Bertz CT molecular complexity index is 579. The highest BCUT2D eigenvalue weighted by molar-refractivity contribution is 8.00. The summed E-state index contributed by atoms with van der Waals surface area (Å²) in [5.74, 6) is 0.558. The minimum absolute atomic E-state index is 0.219. The van der Waals surface area contributed by atoms with Gasteiger partial charge in [-0.1, -0.05) is 72.8 Å². The minimum atomic E-state index is -0.296. The van der Waals surface area contributed by atoms with Gasteiger partial charge in [0.1, 0.15) is 5.25 Å². The lowest BCUT2D eigenvalue weighted by Crippen LogP contribution is -2.16. The van der Waals surface area contributed by atoms with Crippen LogP contribution in [0.5, 0.6) is 0 Å². The Morgan fingerprint density at radius 2 is 1.71 bits per heavy atom. The van der Waals surface area contributed by atoms with Crippen LogP contribution in [-0.2, 0) is 15.3 Å². The largest absolute Gasteiger partial charge is 0.468 e. The van der Waals surface area contributed by atoms with Gasteiger partial charge in [0.25, 0.3) is 0 Å². The third-order valence-corrected chi connectivity index (χ3v) is 4.18. The van der Waals surface area contributed by atoms with E-state index in [2.05, 4.69) is 12.1 Å². The number of benzene rings is 2. The van der Waals surface area contributed by atoms with E-state index in [-0.39, 0.29) is 11.2 Å². The zero-order valence-corrected chi connectivity index (χ0v) is 12.8. The maximum absolute atomic E-state index is 11.9. The van der Waals surface area contributed by atoms with Gasteiger partial charge in [0, 0.05) is 5.75 Å². The van der Waals surface area contributed by atoms with E-state index in [1.54, 1.807) is 11.8 Å². The molecule has 21 heavy (non-hydrogen) atoms. The van der Waals surface area contributed by atoms with Crippen molar-refractivity contribution in [1.29, 1.82) is 0 Å². The smallest absolute Gasteiger partial charge is 0.322 e. The van der Waals surface area contributed by atoms with Gasteiger partial charge in [0.05, 0.1) is 7.11 Å². The van der Waals surface area contributed by atoms with Gasteiger partial charge in [-0.3, -0.25) is 4.79 Å². The van der Waals surface area contributed by atoms with Crippen LogP contribution in [0.4, 0.5) is 0 Å². The molecule has 2 aromatic carbocycles. The maximum atomic E-state index is 11.9. The molecule has 1 atom stereocenters. The number of hydrogen-bond acceptors (Lipinski definition) is 3. The summed E-state index contributed by atoms with van der Waals surface area (Å²) in [6.45, 7) is 0. The molecule has 0 saturated carbocycles. The van der Waals surface area contributed by atoms with Crippen LogP contribution in [0.25, 0.3) is 6.08 Å². The van der Waals surface area contributed by atoms with Gasteiger partial charge >= 0.3 is 5.97 Å². The Kier molecular flexibility index (Phi) is 6.10. The number of hydrogen-bond donors (Lipinski definition) is 0. The Labute approximate surface area is 129 Å². The summed E-state index contributed by atoms with van der Waals surface area (Å²) in [6.07, 6.45) is 3.86. The average molecular weight is 298 g/mol. The van der Waals surface area contributed by atoms with Crippen LogP contribution >= 0.6 is 11.8 Å². The first-order valence-corrected chi connectivity index (χ1v) is 7.81. The summed E-state index contributed by atoms with van der Waals surface area (Å²) in [4.78, 5) is 11.9. The van der Waals surface area contributed by atoms with E-state index in [4.69, 9.17) is 4.74 Å². The highest BCUT2D eigenvalue weighted by Crippen LogP contribution is 2.21. The van der Waals surface area contributed by atoms with Crippen LogP contribution in [0, 0.1) is 0 Å². The molecule has 0 N–H and O–H groups in total. The molecule has 0 aliphatic heterocycles. The first-order chi connectivity index (χ1) is 10.3. The SMILES string of the molecule is COC(=O)C(/C=C/c1ccccc1)SCc1ccccc1. The van der Waals surface area contributed by atoms with Crippen molar-refractivity contribution in [3.8, 4) is 0 Å². The van der Waals surface area contributed by atoms with Crippen molar-refractivity contribution in [2.45, 2.75) is 11.0 Å². The summed E-state index contributed by atoms with van der Waals surface area (Å²) in [7, 11) is 1.43. The average Bonchev–Trinajstić information content (AvgIpc) is 2.56. The molecule has 1 unspecified atom stereocenters. The first-order valence-electron chi connectivity index (χ1n) is 6.76. The number of thioether (sulfide) groups is 1. The standard InChI is InChI=1S/C18H18O2S/c1-20-18(19)17(13-12-15-8-4-2-5-9-15)21-14-16-10-6-3-7-11-16/h2-13,17H,14H2,1H3/b13-12+. The van der Waals surface area contributed by atoms with Crippen molar-refractivity contribution in [2.24, 2.45) is 0 Å². The predicted molar refractivity (Wildman–Crippen MR) is 89.0 cm³/mol. The molecule has 0 radical (unpaired) electrons. The summed E-state index contributed by atoms with van der Waals surface area (Å²) in [5, 5.41) is -0.296. The summed E-state index contributed by atoms with van der Waals surface area (Å²) >= 11 is 1.57. The van der Waals surface area contributed by atoms with Crippen LogP contribution in [0.1, 0.15) is 11.1 Å². The molecule has 0 aliphatic rings. The highest BCUT2D eigenvalue weighted by Gasteiger charge is 2.16. The summed E-state index contributed by atoms with van der Waals surface area (Å²) < 4.78 is 4.88. The quantitative estimate of drug-likeness (QED) is 0.749. The molecule has 2 rings (SSSR count). The number of rotatable bonds is 6. The van der Waals surface area contributed by atoms with Crippen molar-refractivity contribution in [3.05, 3.63) is 77.9 Å². The van der Waals surface area contributed by atoms with Crippen molar-refractivity contribution in [2.75, 3.05) is 7.11 Å². The molecule has 0 aromatic heterocycles. The molecule has 0 spiro atoms. The zero-order chi connectivity index (χ0) is 14.9. The van der Waals surface area contributed by atoms with Gasteiger partial charge in [-0.25, -0.2) is 0 Å².